The summed E-state index contributed by atoms with van der Waals surface area (Å²) in [4.78, 5) is 81.1. The Kier molecular flexibility index (Phi) is 11.4. The SMILES string of the molecule is NC(=O)C1C[C@@H](c2ccc(CN(Cc3ccc([C@@H]4CC(C(N)=O)[C@@H]5CCC[C@@H](NC(=O)O)C(=O)N45)cc3)c3ccccc3)cc2)N2C(=O)[C@H](NC(=O)O)CCC[C@@H]12. The van der Waals surface area contributed by atoms with Crippen LogP contribution in [-0.2, 0) is 32.3 Å². The second-order valence-electron chi connectivity index (χ2n) is 15.7. The van der Waals surface area contributed by atoms with Crippen LogP contribution >= 0.6 is 0 Å². The number of carbonyl (C=O) groups is 6. The number of para-hydroxylation sites is 1. The lowest BCUT2D eigenvalue weighted by Crippen LogP contribution is -2.49. The van der Waals surface area contributed by atoms with Gasteiger partial charge in [-0.3, -0.25) is 19.2 Å². The minimum absolute atomic E-state index is 0.336. The molecule has 4 aliphatic rings. The van der Waals surface area contributed by atoms with Gasteiger partial charge in [-0.2, -0.15) is 0 Å². The van der Waals surface area contributed by atoms with Gasteiger partial charge in [-0.25, -0.2) is 9.59 Å². The molecule has 2 unspecified atom stereocenters. The summed E-state index contributed by atoms with van der Waals surface area (Å²) >= 11 is 0. The third-order valence-corrected chi connectivity index (χ3v) is 12.3. The molecule has 0 bridgehead atoms. The van der Waals surface area contributed by atoms with Crippen molar-refractivity contribution in [1.82, 2.24) is 20.4 Å². The molecule has 7 rings (SSSR count). The lowest BCUT2D eigenvalue weighted by Gasteiger charge is -2.32. The number of anilines is 1. The number of hydrogen-bond acceptors (Lipinski definition) is 7. The molecule has 0 saturated carbocycles. The lowest BCUT2D eigenvalue weighted by molar-refractivity contribution is -0.137. The number of hydrogen-bond donors (Lipinski definition) is 6. The van der Waals surface area contributed by atoms with E-state index in [2.05, 4.69) is 15.5 Å². The van der Waals surface area contributed by atoms with Crippen LogP contribution in [-0.4, -0.2) is 80.0 Å². The molecule has 4 saturated heterocycles. The van der Waals surface area contributed by atoms with Crippen LogP contribution in [0.25, 0.3) is 0 Å². The molecule has 3 aromatic carbocycles. The van der Waals surface area contributed by atoms with Gasteiger partial charge in [0.1, 0.15) is 12.1 Å². The normalized spacial score (nSPS) is 27.1. The first-order valence-corrected chi connectivity index (χ1v) is 19.6. The van der Waals surface area contributed by atoms with Crippen LogP contribution in [0.2, 0.25) is 0 Å². The topological polar surface area (TPSA) is 229 Å². The predicted octanol–water partition coefficient (Wildman–Crippen LogP) is 4.02. The predicted molar refractivity (Wildman–Crippen MR) is 208 cm³/mol. The maximum Gasteiger partial charge on any atom is 0.405 e. The number of carbonyl (C=O) groups excluding carboxylic acids is 4. The van der Waals surface area contributed by atoms with Crippen LogP contribution in [0.15, 0.2) is 78.9 Å². The molecule has 0 spiro atoms. The van der Waals surface area contributed by atoms with E-state index in [9.17, 15) is 39.0 Å². The highest BCUT2D eigenvalue weighted by atomic mass is 16.4. The summed E-state index contributed by atoms with van der Waals surface area (Å²) in [7, 11) is 0. The molecule has 0 radical (unpaired) electrons. The molecule has 0 aromatic heterocycles. The average molecular weight is 780 g/mol. The zero-order valence-corrected chi connectivity index (χ0v) is 31.5. The van der Waals surface area contributed by atoms with Gasteiger partial charge >= 0.3 is 12.2 Å². The summed E-state index contributed by atoms with van der Waals surface area (Å²) in [5.41, 5.74) is 16.3. The third-order valence-electron chi connectivity index (χ3n) is 12.3. The Bertz CT molecular complexity index is 1870. The Morgan fingerprint density at radius 1 is 0.614 bits per heavy atom. The molecule has 8 atom stereocenters. The summed E-state index contributed by atoms with van der Waals surface area (Å²) < 4.78 is 0. The molecule has 3 aromatic rings. The van der Waals surface area contributed by atoms with Crippen LogP contribution < -0.4 is 27.0 Å². The Balaban J connectivity index is 1.10. The largest absolute Gasteiger partial charge is 0.465 e. The van der Waals surface area contributed by atoms with E-state index in [1.54, 1.807) is 9.80 Å². The number of rotatable bonds is 11. The second kappa shape index (κ2) is 16.5. The minimum atomic E-state index is -1.27. The zero-order valence-electron chi connectivity index (χ0n) is 31.5. The number of fused-ring (bicyclic) bond motifs is 2. The van der Waals surface area contributed by atoms with Gasteiger partial charge < -0.3 is 47.0 Å². The Labute approximate surface area is 330 Å². The van der Waals surface area contributed by atoms with E-state index in [0.29, 0.717) is 64.5 Å². The lowest BCUT2D eigenvalue weighted by atomic mass is 9.92. The highest BCUT2D eigenvalue weighted by molar-refractivity contribution is 5.89. The van der Waals surface area contributed by atoms with E-state index in [0.717, 1.165) is 27.9 Å². The molecule has 8 N–H and O–H groups in total. The van der Waals surface area contributed by atoms with Crippen molar-refractivity contribution in [1.29, 1.82) is 0 Å². The number of nitrogens with one attached hydrogen (secondary N) is 2. The van der Waals surface area contributed by atoms with Crippen LogP contribution in [0.1, 0.15) is 85.7 Å². The van der Waals surface area contributed by atoms with Crippen molar-refractivity contribution in [2.45, 2.75) is 101 Å². The minimum Gasteiger partial charge on any atom is -0.465 e. The van der Waals surface area contributed by atoms with Gasteiger partial charge in [0.25, 0.3) is 0 Å². The number of primary amides is 2. The zero-order chi connectivity index (χ0) is 40.4. The highest BCUT2D eigenvalue weighted by Gasteiger charge is 2.51. The number of benzene rings is 3. The molecule has 0 aliphatic carbocycles. The number of carboxylic acid groups (broad SMARTS) is 2. The van der Waals surface area contributed by atoms with E-state index in [-0.39, 0.29) is 11.8 Å². The van der Waals surface area contributed by atoms with Crippen LogP contribution in [0.3, 0.4) is 0 Å². The Morgan fingerprint density at radius 2 is 1.02 bits per heavy atom. The summed E-state index contributed by atoms with van der Waals surface area (Å²) in [6.07, 6.45) is 1.23. The summed E-state index contributed by atoms with van der Waals surface area (Å²) in [5, 5.41) is 23.5. The second-order valence-corrected chi connectivity index (χ2v) is 15.7. The van der Waals surface area contributed by atoms with Gasteiger partial charge in [0.05, 0.1) is 23.9 Å². The number of nitrogens with two attached hydrogens (primary N) is 2. The van der Waals surface area contributed by atoms with Crippen molar-refractivity contribution in [2.75, 3.05) is 4.90 Å². The van der Waals surface area contributed by atoms with Gasteiger partial charge in [0, 0.05) is 30.9 Å². The summed E-state index contributed by atoms with van der Waals surface area (Å²) in [6.45, 7) is 1.09. The number of nitrogens with zero attached hydrogens (tertiary/aromatic N) is 3. The molecule has 300 valence electrons. The Morgan fingerprint density at radius 3 is 1.39 bits per heavy atom. The molecular formula is C42H49N7O8. The smallest absolute Gasteiger partial charge is 0.405 e. The monoisotopic (exact) mass is 779 g/mol. The maximum absolute atomic E-state index is 13.7. The average Bonchev–Trinajstić information content (AvgIpc) is 3.67. The van der Waals surface area contributed by atoms with E-state index in [1.165, 1.54) is 0 Å². The molecule has 6 amide bonds. The van der Waals surface area contributed by atoms with Crippen molar-refractivity contribution in [3.63, 3.8) is 0 Å². The molecular weight excluding hydrogens is 731 g/mol. The van der Waals surface area contributed by atoms with Gasteiger partial charge in [-0.05, 0) is 85.8 Å². The van der Waals surface area contributed by atoms with Gasteiger partial charge in [0.15, 0.2) is 0 Å². The van der Waals surface area contributed by atoms with Crippen molar-refractivity contribution in [2.24, 2.45) is 23.3 Å². The van der Waals surface area contributed by atoms with Crippen LogP contribution in [0, 0.1) is 11.8 Å². The van der Waals surface area contributed by atoms with E-state index < -0.39 is 72.1 Å². The van der Waals surface area contributed by atoms with Gasteiger partial charge in [-0.1, -0.05) is 66.7 Å². The van der Waals surface area contributed by atoms with Crippen molar-refractivity contribution in [3.8, 4) is 0 Å². The van der Waals surface area contributed by atoms with E-state index in [4.69, 9.17) is 11.5 Å². The number of amides is 6. The first-order valence-electron chi connectivity index (χ1n) is 19.6. The molecule has 4 fully saturated rings. The molecule has 57 heavy (non-hydrogen) atoms. The van der Waals surface area contributed by atoms with Crippen molar-refractivity contribution in [3.05, 3.63) is 101 Å². The summed E-state index contributed by atoms with van der Waals surface area (Å²) in [5.74, 6) is -2.66. The van der Waals surface area contributed by atoms with Gasteiger partial charge in [-0.15, -0.1) is 0 Å². The molecule has 15 heteroatoms. The first kappa shape index (κ1) is 39.1. The molecule has 4 heterocycles. The maximum atomic E-state index is 13.7. The van der Waals surface area contributed by atoms with E-state index in [1.807, 2.05) is 78.9 Å². The third kappa shape index (κ3) is 8.23. The quantitative estimate of drug-likeness (QED) is 0.165. The highest BCUT2D eigenvalue weighted by Crippen LogP contribution is 2.45. The van der Waals surface area contributed by atoms with Crippen molar-refractivity contribution >= 4 is 41.5 Å². The fourth-order valence-electron chi connectivity index (χ4n) is 9.64. The molecule has 15 nitrogen and oxygen atoms in total. The fraction of sp³-hybridized carbons (Fsp3) is 0.429. The standard InChI is InChI=1S/C42H49N7O8/c43-37(50)29-20-35(48-33(29)10-4-8-31(39(48)52)45-41(54)55)26-16-12-24(13-17-26)22-47(28-6-2-1-3-7-28)23-25-14-18-27(19-15-25)36-21-30(38(44)51)34-11-5-9-32(46-42(56)57)40(53)49(34)36/h1-3,6-7,12-19,29-36,45-46H,4-5,8-11,20-23H2,(H2,43,50)(H2,44,51)(H,54,55)(H,56,57)/t29?,30?,31-,32-,33+,34+,35+,36+/m1/s1. The van der Waals surface area contributed by atoms with Gasteiger partial charge in [0.2, 0.25) is 23.6 Å². The van der Waals surface area contributed by atoms with E-state index >= 15 is 0 Å². The molecule has 4 aliphatic heterocycles. The summed E-state index contributed by atoms with van der Waals surface area (Å²) in [6, 6.07) is 22.4. The first-order chi connectivity index (χ1) is 27.4. The van der Waals surface area contributed by atoms with Crippen molar-refractivity contribution < 1.29 is 39.0 Å². The van der Waals surface area contributed by atoms with Crippen LogP contribution in [0.4, 0.5) is 15.3 Å². The Hall–Kier alpha value is -6.12. The fourth-order valence-corrected chi connectivity index (χ4v) is 9.64. The van der Waals surface area contributed by atoms with Crippen LogP contribution in [0.5, 0.6) is 0 Å².